The highest BCUT2D eigenvalue weighted by molar-refractivity contribution is 5.91. The fraction of sp³-hybridized carbons (Fsp3) is 0.615. The largest absolute Gasteiger partial charge is 0.338 e. The van der Waals surface area contributed by atoms with Crippen LogP contribution in [0.3, 0.4) is 0 Å². The number of aromatic nitrogens is 2. The number of carbonyl (C=O) groups excluding carboxylic acids is 2. The minimum atomic E-state index is -0.209. The van der Waals surface area contributed by atoms with Crippen molar-refractivity contribution >= 4 is 17.6 Å². The van der Waals surface area contributed by atoms with Crippen molar-refractivity contribution in [3.63, 3.8) is 0 Å². The first kappa shape index (κ1) is 22.9. The molecule has 2 aromatic rings. The van der Waals surface area contributed by atoms with Crippen molar-refractivity contribution in [1.29, 1.82) is 0 Å². The second-order valence-corrected chi connectivity index (χ2v) is 11.6. The molecule has 4 aliphatic rings. The molecule has 8 heteroatoms. The molecular weight excluding hydrogens is 430 g/mol. The van der Waals surface area contributed by atoms with Crippen molar-refractivity contribution in [3.8, 4) is 11.4 Å². The first-order valence-electron chi connectivity index (χ1n) is 12.5. The second kappa shape index (κ2) is 8.71. The first-order valence-corrected chi connectivity index (χ1v) is 12.5. The molecule has 8 nitrogen and oxygen atoms in total. The predicted molar refractivity (Wildman–Crippen MR) is 129 cm³/mol. The molecule has 0 spiro atoms. The average molecular weight is 466 g/mol. The van der Waals surface area contributed by atoms with Gasteiger partial charge in [-0.1, -0.05) is 25.9 Å². The molecular formula is C26H35N5O3. The van der Waals surface area contributed by atoms with Crippen LogP contribution in [0.5, 0.6) is 0 Å². The van der Waals surface area contributed by atoms with E-state index in [0.717, 1.165) is 42.6 Å². The van der Waals surface area contributed by atoms with Gasteiger partial charge in [0.2, 0.25) is 17.6 Å². The molecule has 3 amide bonds. The molecule has 1 aromatic heterocycles. The molecule has 34 heavy (non-hydrogen) atoms. The Morgan fingerprint density at radius 2 is 1.65 bits per heavy atom. The number of benzene rings is 1. The highest BCUT2D eigenvalue weighted by atomic mass is 16.5. The zero-order chi connectivity index (χ0) is 23.9. The van der Waals surface area contributed by atoms with E-state index < -0.39 is 0 Å². The van der Waals surface area contributed by atoms with Gasteiger partial charge in [0.25, 0.3) is 0 Å². The van der Waals surface area contributed by atoms with Crippen LogP contribution in [0.2, 0.25) is 0 Å². The molecule has 0 radical (unpaired) electrons. The monoisotopic (exact) mass is 465 g/mol. The maximum Gasteiger partial charge on any atom is 0.315 e. The zero-order valence-electron chi connectivity index (χ0n) is 20.3. The molecule has 1 heterocycles. The smallest absolute Gasteiger partial charge is 0.315 e. The van der Waals surface area contributed by atoms with Crippen molar-refractivity contribution in [1.82, 2.24) is 20.8 Å². The summed E-state index contributed by atoms with van der Waals surface area (Å²) in [6, 6.07) is 7.18. The molecule has 4 aliphatic carbocycles. The number of amides is 3. The number of carbonyl (C=O) groups is 2. The maximum absolute atomic E-state index is 12.5. The standard InChI is InChI=1S/C26H35N5O3/c1-25(2,3)23-29-22(31-34-23)19-4-6-20(7-5-19)28-21(32)8-9-27-24(33)30-26-13-16-10-17(14-26)12-18(11-16)15-26/h4-7,16-18H,8-15H2,1-3H3,(H,28,32)(H2,27,30,33). The Bertz CT molecular complexity index is 1020. The lowest BCUT2D eigenvalue weighted by Crippen LogP contribution is -2.61. The Kier molecular flexibility index (Phi) is 5.86. The van der Waals surface area contributed by atoms with Crippen LogP contribution in [-0.2, 0) is 10.2 Å². The van der Waals surface area contributed by atoms with E-state index in [1.165, 1.54) is 19.3 Å². The summed E-state index contributed by atoms with van der Waals surface area (Å²) in [7, 11) is 0. The topological polar surface area (TPSA) is 109 Å². The Morgan fingerprint density at radius 1 is 1.03 bits per heavy atom. The Labute approximate surface area is 200 Å². The summed E-state index contributed by atoms with van der Waals surface area (Å²) in [5.74, 6) is 3.31. The van der Waals surface area contributed by atoms with Gasteiger partial charge in [0.05, 0.1) is 0 Å². The lowest BCUT2D eigenvalue weighted by atomic mass is 9.53. The average Bonchev–Trinajstić information content (AvgIpc) is 3.24. The van der Waals surface area contributed by atoms with Gasteiger partial charge in [-0.25, -0.2) is 4.79 Å². The summed E-state index contributed by atoms with van der Waals surface area (Å²) in [5, 5.41) is 13.1. The number of hydrogen-bond acceptors (Lipinski definition) is 5. The highest BCUT2D eigenvalue weighted by Gasteiger charge is 2.51. The summed E-state index contributed by atoms with van der Waals surface area (Å²) in [5.41, 5.74) is 1.28. The third kappa shape index (κ3) is 4.95. The van der Waals surface area contributed by atoms with Crippen LogP contribution in [0.25, 0.3) is 11.4 Å². The molecule has 0 aliphatic heterocycles. The van der Waals surface area contributed by atoms with Crippen molar-refractivity contribution in [3.05, 3.63) is 30.2 Å². The molecule has 0 atom stereocenters. The van der Waals surface area contributed by atoms with Crippen LogP contribution in [-0.4, -0.2) is 34.2 Å². The Morgan fingerprint density at radius 3 is 2.21 bits per heavy atom. The summed E-state index contributed by atoms with van der Waals surface area (Å²) in [4.78, 5) is 29.3. The molecule has 1 aromatic carbocycles. The van der Waals surface area contributed by atoms with Gasteiger partial charge in [-0.05, 0) is 80.5 Å². The van der Waals surface area contributed by atoms with Crippen molar-refractivity contribution < 1.29 is 14.1 Å². The molecule has 6 rings (SSSR count). The van der Waals surface area contributed by atoms with Crippen molar-refractivity contribution in [2.24, 2.45) is 17.8 Å². The van der Waals surface area contributed by atoms with Crippen LogP contribution in [0.4, 0.5) is 10.5 Å². The number of anilines is 1. The Hall–Kier alpha value is -2.90. The van der Waals surface area contributed by atoms with E-state index in [0.29, 0.717) is 23.9 Å². The van der Waals surface area contributed by atoms with Crippen molar-refractivity contribution in [2.75, 3.05) is 11.9 Å². The summed E-state index contributed by atoms with van der Waals surface area (Å²) >= 11 is 0. The van der Waals surface area contributed by atoms with E-state index >= 15 is 0 Å². The fourth-order valence-electron chi connectivity index (χ4n) is 6.41. The first-order chi connectivity index (χ1) is 16.2. The van der Waals surface area contributed by atoms with Crippen molar-refractivity contribution in [2.45, 2.75) is 76.7 Å². The summed E-state index contributed by atoms with van der Waals surface area (Å²) in [6.07, 6.45) is 7.60. The number of rotatable bonds is 6. The summed E-state index contributed by atoms with van der Waals surface area (Å²) < 4.78 is 5.35. The fourth-order valence-corrected chi connectivity index (χ4v) is 6.41. The third-order valence-corrected chi connectivity index (χ3v) is 7.55. The number of nitrogens with zero attached hydrogens (tertiary/aromatic N) is 2. The number of nitrogens with one attached hydrogen (secondary N) is 3. The molecule has 0 unspecified atom stereocenters. The summed E-state index contributed by atoms with van der Waals surface area (Å²) in [6.45, 7) is 6.36. The predicted octanol–water partition coefficient (Wildman–Crippen LogP) is 4.63. The van der Waals surface area contributed by atoms with E-state index in [1.807, 2.05) is 45.0 Å². The number of urea groups is 1. The molecule has 4 saturated carbocycles. The zero-order valence-corrected chi connectivity index (χ0v) is 20.3. The van der Waals surface area contributed by atoms with Gasteiger partial charge < -0.3 is 20.5 Å². The van der Waals surface area contributed by atoms with Gasteiger partial charge in [0.1, 0.15) is 0 Å². The van der Waals surface area contributed by atoms with E-state index in [2.05, 4.69) is 26.1 Å². The molecule has 0 saturated heterocycles. The lowest BCUT2D eigenvalue weighted by molar-refractivity contribution is -0.116. The van der Waals surface area contributed by atoms with E-state index in [4.69, 9.17) is 4.52 Å². The van der Waals surface area contributed by atoms with Gasteiger partial charge >= 0.3 is 6.03 Å². The van der Waals surface area contributed by atoms with Crippen LogP contribution < -0.4 is 16.0 Å². The minimum Gasteiger partial charge on any atom is -0.338 e. The van der Waals surface area contributed by atoms with E-state index in [9.17, 15) is 9.59 Å². The van der Waals surface area contributed by atoms with E-state index in [1.54, 1.807) is 0 Å². The van der Waals surface area contributed by atoms with Gasteiger partial charge in [-0.2, -0.15) is 4.98 Å². The van der Waals surface area contributed by atoms with Crippen LogP contribution in [0.15, 0.2) is 28.8 Å². The van der Waals surface area contributed by atoms with Gasteiger partial charge in [-0.15, -0.1) is 0 Å². The van der Waals surface area contributed by atoms with Gasteiger partial charge in [-0.3, -0.25) is 4.79 Å². The molecule has 182 valence electrons. The third-order valence-electron chi connectivity index (χ3n) is 7.55. The Balaban J connectivity index is 1.07. The van der Waals surface area contributed by atoms with E-state index in [-0.39, 0.29) is 29.3 Å². The van der Waals surface area contributed by atoms with Crippen LogP contribution in [0, 0.1) is 17.8 Å². The quantitative estimate of drug-likeness (QED) is 0.576. The lowest BCUT2D eigenvalue weighted by Gasteiger charge is -2.56. The second-order valence-electron chi connectivity index (χ2n) is 11.6. The minimum absolute atomic E-state index is 0.0187. The maximum atomic E-state index is 12.5. The van der Waals surface area contributed by atoms with Crippen LogP contribution in [0.1, 0.15) is 71.6 Å². The SMILES string of the molecule is CC(C)(C)c1nc(-c2ccc(NC(=O)CCNC(=O)NC34CC5CC(CC(C5)C3)C4)cc2)no1. The normalized spacial score (nSPS) is 27.4. The molecule has 3 N–H and O–H groups in total. The van der Waals surface area contributed by atoms with Crippen LogP contribution >= 0.6 is 0 Å². The van der Waals surface area contributed by atoms with Gasteiger partial charge in [0.15, 0.2) is 0 Å². The highest BCUT2D eigenvalue weighted by Crippen LogP contribution is 2.55. The molecule has 4 fully saturated rings. The van der Waals surface area contributed by atoms with Gasteiger partial charge in [0, 0.05) is 35.2 Å². The molecule has 4 bridgehead atoms. The number of hydrogen-bond donors (Lipinski definition) is 3.